The summed E-state index contributed by atoms with van der Waals surface area (Å²) < 4.78 is 57.1. The highest BCUT2D eigenvalue weighted by Crippen LogP contribution is 2.33. The zero-order chi connectivity index (χ0) is 25.9. The number of halogens is 4. The largest absolute Gasteiger partial charge is 0.416 e. The molecule has 1 amide bonds. The Morgan fingerprint density at radius 1 is 1.14 bits per heavy atom. The van der Waals surface area contributed by atoms with Gasteiger partial charge in [0, 0.05) is 24.0 Å². The standard InChI is InChI=1S/C26H19F4N5O2/c27-17-3-1-2-14(8-17)13-35-20-5-4-16(26(28,29)30)9-15(20)10-21(35)25(37)32-18-11-19-23(31-12-18)34-7-6-22(36)24(34)33-19/h1-5,8-12,22,36H,6-7,13H2,(H,32,37). The zero-order valence-corrected chi connectivity index (χ0v) is 19.1. The van der Waals surface area contributed by atoms with Crippen LogP contribution in [0.25, 0.3) is 22.1 Å². The fourth-order valence-electron chi connectivity index (χ4n) is 4.77. The van der Waals surface area contributed by atoms with E-state index < -0.39 is 29.6 Å². The van der Waals surface area contributed by atoms with E-state index in [1.165, 1.54) is 36.5 Å². The second kappa shape index (κ2) is 8.41. The van der Waals surface area contributed by atoms with Crippen molar-refractivity contribution in [2.45, 2.75) is 31.8 Å². The van der Waals surface area contributed by atoms with Crippen molar-refractivity contribution in [3.63, 3.8) is 0 Å². The van der Waals surface area contributed by atoms with Crippen molar-refractivity contribution in [1.29, 1.82) is 0 Å². The molecule has 7 nitrogen and oxygen atoms in total. The van der Waals surface area contributed by atoms with Gasteiger partial charge >= 0.3 is 6.18 Å². The first-order valence-corrected chi connectivity index (χ1v) is 11.5. The van der Waals surface area contributed by atoms with Crippen molar-refractivity contribution in [3.8, 4) is 0 Å². The number of aliphatic hydroxyl groups is 1. The van der Waals surface area contributed by atoms with E-state index in [-0.39, 0.29) is 17.6 Å². The van der Waals surface area contributed by atoms with E-state index in [0.717, 1.165) is 12.1 Å². The third kappa shape index (κ3) is 4.10. The first kappa shape index (κ1) is 23.2. The Morgan fingerprint density at radius 3 is 2.76 bits per heavy atom. The molecule has 0 saturated carbocycles. The maximum atomic E-state index is 13.8. The van der Waals surface area contributed by atoms with Gasteiger partial charge < -0.3 is 19.6 Å². The maximum absolute atomic E-state index is 13.8. The van der Waals surface area contributed by atoms with Crippen LogP contribution in [0.4, 0.5) is 23.2 Å². The van der Waals surface area contributed by atoms with Crippen molar-refractivity contribution < 1.29 is 27.5 Å². The number of hydrogen-bond donors (Lipinski definition) is 2. The average Bonchev–Trinajstić information content (AvgIpc) is 3.51. The summed E-state index contributed by atoms with van der Waals surface area (Å²) in [6.45, 7) is 0.657. The SMILES string of the molecule is O=C(Nc1cnc2c(c1)nc1n2CCC1O)c1cc2cc(C(F)(F)F)ccc2n1Cc1cccc(F)c1. The molecule has 188 valence electrons. The van der Waals surface area contributed by atoms with Crippen LogP contribution < -0.4 is 5.32 Å². The molecule has 1 aliphatic rings. The van der Waals surface area contributed by atoms with E-state index in [1.807, 2.05) is 4.57 Å². The number of fused-ring (bicyclic) bond motifs is 4. The highest BCUT2D eigenvalue weighted by atomic mass is 19.4. The highest BCUT2D eigenvalue weighted by molar-refractivity contribution is 6.07. The zero-order valence-electron chi connectivity index (χ0n) is 19.1. The fourth-order valence-corrected chi connectivity index (χ4v) is 4.77. The van der Waals surface area contributed by atoms with Crippen molar-refractivity contribution in [1.82, 2.24) is 19.1 Å². The van der Waals surface area contributed by atoms with Crippen LogP contribution in [0.2, 0.25) is 0 Å². The van der Waals surface area contributed by atoms with Crippen LogP contribution >= 0.6 is 0 Å². The summed E-state index contributed by atoms with van der Waals surface area (Å²) >= 11 is 0. The lowest BCUT2D eigenvalue weighted by atomic mass is 10.1. The van der Waals surface area contributed by atoms with E-state index in [1.54, 1.807) is 16.7 Å². The molecule has 5 aromatic rings. The lowest BCUT2D eigenvalue weighted by molar-refractivity contribution is -0.137. The molecule has 1 atom stereocenters. The number of aryl methyl sites for hydroxylation is 1. The molecular formula is C26H19F4N5O2. The Labute approximate surface area is 207 Å². The van der Waals surface area contributed by atoms with E-state index in [0.29, 0.717) is 46.7 Å². The second-order valence-electron chi connectivity index (χ2n) is 8.96. The molecule has 6 rings (SSSR count). The minimum atomic E-state index is -4.54. The molecule has 3 aromatic heterocycles. The molecule has 4 heterocycles. The molecule has 0 fully saturated rings. The molecule has 37 heavy (non-hydrogen) atoms. The molecule has 0 bridgehead atoms. The number of anilines is 1. The molecule has 0 spiro atoms. The number of hydrogen-bond acceptors (Lipinski definition) is 4. The Balaban J connectivity index is 1.39. The van der Waals surface area contributed by atoms with Crippen molar-refractivity contribution >= 4 is 33.7 Å². The molecule has 11 heteroatoms. The van der Waals surface area contributed by atoms with Crippen LogP contribution in [-0.2, 0) is 19.3 Å². The summed E-state index contributed by atoms with van der Waals surface area (Å²) in [4.78, 5) is 22.1. The summed E-state index contributed by atoms with van der Waals surface area (Å²) in [6.07, 6.45) is -3.20. The van der Waals surface area contributed by atoms with Gasteiger partial charge in [0.1, 0.15) is 29.0 Å². The van der Waals surface area contributed by atoms with Gasteiger partial charge in [-0.15, -0.1) is 0 Å². The van der Waals surface area contributed by atoms with Gasteiger partial charge in [-0.25, -0.2) is 14.4 Å². The van der Waals surface area contributed by atoms with Crippen molar-refractivity contribution in [3.05, 3.63) is 89.3 Å². The molecule has 0 saturated heterocycles. The van der Waals surface area contributed by atoms with E-state index in [2.05, 4.69) is 15.3 Å². The summed E-state index contributed by atoms with van der Waals surface area (Å²) in [6, 6.07) is 12.0. The van der Waals surface area contributed by atoms with Crippen LogP contribution in [0.5, 0.6) is 0 Å². The normalized spacial score (nSPS) is 15.4. The molecule has 2 N–H and O–H groups in total. The number of pyridine rings is 1. The Morgan fingerprint density at radius 2 is 1.97 bits per heavy atom. The monoisotopic (exact) mass is 509 g/mol. The summed E-state index contributed by atoms with van der Waals surface area (Å²) in [5, 5.41) is 13.0. The second-order valence-corrected chi connectivity index (χ2v) is 8.96. The Bertz CT molecular complexity index is 1690. The molecule has 1 aliphatic heterocycles. The number of aliphatic hydroxyl groups excluding tert-OH is 1. The van der Waals surface area contributed by atoms with Gasteiger partial charge in [0.2, 0.25) is 0 Å². The predicted molar refractivity (Wildman–Crippen MR) is 128 cm³/mol. The number of amides is 1. The van der Waals surface area contributed by atoms with E-state index >= 15 is 0 Å². The third-order valence-electron chi connectivity index (χ3n) is 6.49. The van der Waals surface area contributed by atoms with Gasteiger partial charge in [-0.05, 0) is 54.4 Å². The third-order valence-corrected chi connectivity index (χ3v) is 6.49. The fraction of sp³-hybridized carbons (Fsp3) is 0.192. The number of nitrogens with zero attached hydrogens (tertiary/aromatic N) is 4. The van der Waals surface area contributed by atoms with E-state index in [4.69, 9.17) is 0 Å². The summed E-state index contributed by atoms with van der Waals surface area (Å²) in [5.74, 6) is -0.522. The van der Waals surface area contributed by atoms with Gasteiger partial charge in [0.15, 0.2) is 5.65 Å². The highest BCUT2D eigenvalue weighted by Gasteiger charge is 2.31. The first-order valence-electron chi connectivity index (χ1n) is 11.5. The Hall–Kier alpha value is -4.25. The molecule has 0 aliphatic carbocycles. The molecular weight excluding hydrogens is 490 g/mol. The maximum Gasteiger partial charge on any atom is 0.416 e. The molecule has 1 unspecified atom stereocenters. The number of alkyl halides is 3. The number of imidazole rings is 1. The van der Waals surface area contributed by atoms with Crippen LogP contribution in [0, 0.1) is 5.82 Å². The van der Waals surface area contributed by atoms with Crippen LogP contribution in [-0.4, -0.2) is 30.1 Å². The molecule has 0 radical (unpaired) electrons. The quantitative estimate of drug-likeness (QED) is 0.323. The lowest BCUT2D eigenvalue weighted by Crippen LogP contribution is -2.17. The van der Waals surface area contributed by atoms with Crippen LogP contribution in [0.3, 0.4) is 0 Å². The smallest absolute Gasteiger partial charge is 0.385 e. The van der Waals surface area contributed by atoms with Gasteiger partial charge in [0.05, 0.1) is 17.4 Å². The average molecular weight is 509 g/mol. The van der Waals surface area contributed by atoms with Crippen LogP contribution in [0.15, 0.2) is 60.8 Å². The number of nitrogens with one attached hydrogen (secondary N) is 1. The van der Waals surface area contributed by atoms with Crippen molar-refractivity contribution in [2.24, 2.45) is 0 Å². The van der Waals surface area contributed by atoms with Gasteiger partial charge in [-0.1, -0.05) is 12.1 Å². The minimum Gasteiger partial charge on any atom is -0.385 e. The van der Waals surface area contributed by atoms with Gasteiger partial charge in [0.25, 0.3) is 5.91 Å². The predicted octanol–water partition coefficient (Wildman–Crippen LogP) is 5.28. The number of carbonyl (C=O) groups is 1. The van der Waals surface area contributed by atoms with Gasteiger partial charge in [-0.2, -0.15) is 13.2 Å². The van der Waals surface area contributed by atoms with Crippen LogP contribution in [0.1, 0.15) is 40.0 Å². The topological polar surface area (TPSA) is 85.0 Å². The number of carbonyl (C=O) groups excluding carboxylic acids is 1. The van der Waals surface area contributed by atoms with Gasteiger partial charge in [-0.3, -0.25) is 4.79 Å². The first-order chi connectivity index (χ1) is 17.7. The Kier molecular flexibility index (Phi) is 5.27. The minimum absolute atomic E-state index is 0.0678. The lowest BCUT2D eigenvalue weighted by Gasteiger charge is -2.12. The number of benzene rings is 2. The number of rotatable bonds is 4. The number of aromatic nitrogens is 4. The van der Waals surface area contributed by atoms with E-state index in [9.17, 15) is 27.5 Å². The summed E-state index contributed by atoms with van der Waals surface area (Å²) in [7, 11) is 0. The summed E-state index contributed by atoms with van der Waals surface area (Å²) in [5.41, 5.74) is 1.63. The van der Waals surface area contributed by atoms with Crippen molar-refractivity contribution in [2.75, 3.05) is 5.32 Å². The molecule has 2 aromatic carbocycles.